The SMILES string of the molecule is CCc1c(N2CCN(C(=O)c3ncnc(C)c3O)[C@@H]3CC[C@H]32)c(=O)n2nc(N3CCC(=C(F)F)CC3)nc2n1CC(=O)Nc1ccc(C(F)(F)F)cc1Cl. The van der Waals surface area contributed by atoms with Crippen LogP contribution in [0, 0.1) is 6.92 Å². The Balaban J connectivity index is 1.26. The molecule has 2 atom stereocenters. The maximum Gasteiger partial charge on any atom is 0.416 e. The number of aryl methyl sites for hydroxylation is 1. The Kier molecular flexibility index (Phi) is 9.69. The molecule has 20 heteroatoms. The van der Waals surface area contributed by atoms with Crippen molar-refractivity contribution < 1.29 is 36.6 Å². The summed E-state index contributed by atoms with van der Waals surface area (Å²) in [5.74, 6) is -1.37. The standard InChI is InChI=1S/C34H34ClF5N10O4/c1-3-22-27(47-12-13-48(24-7-6-23(24)47)30(53)26-28(52)17(2)41-16-42-26)31(54)50-33(44-32(45-50)46-10-8-18(9-11-46)29(36)37)49(22)15-25(51)43-21-5-4-19(14-20(21)35)34(38,39)40/h4-5,14,16,23-24,52H,3,6-13,15H2,1-2H3,(H,43,51)/t23-,24-/m1/s1. The number of hydrogen-bond donors (Lipinski definition) is 2. The van der Waals surface area contributed by atoms with Crippen molar-refractivity contribution in [2.24, 2.45) is 0 Å². The van der Waals surface area contributed by atoms with Crippen molar-refractivity contribution in [3.05, 3.63) is 74.2 Å². The second kappa shape index (κ2) is 14.1. The van der Waals surface area contributed by atoms with Crippen molar-refractivity contribution in [2.75, 3.05) is 41.3 Å². The number of piperazine rings is 1. The molecule has 0 bridgehead atoms. The lowest BCUT2D eigenvalue weighted by atomic mass is 9.81. The molecule has 2 N–H and O–H groups in total. The van der Waals surface area contributed by atoms with Crippen LogP contribution in [0.1, 0.15) is 60.0 Å². The third kappa shape index (κ3) is 6.58. The molecule has 1 aliphatic carbocycles. The number of halogens is 6. The lowest BCUT2D eigenvalue weighted by Crippen LogP contribution is -2.67. The summed E-state index contributed by atoms with van der Waals surface area (Å²) in [4.78, 5) is 59.4. The fraction of sp³-hybridized carbons (Fsp3) is 0.441. The van der Waals surface area contributed by atoms with E-state index in [4.69, 9.17) is 11.6 Å². The summed E-state index contributed by atoms with van der Waals surface area (Å²) in [7, 11) is 0. The predicted molar refractivity (Wildman–Crippen MR) is 186 cm³/mol. The summed E-state index contributed by atoms with van der Waals surface area (Å²) in [5, 5.41) is 17.2. The molecule has 0 unspecified atom stereocenters. The number of nitrogens with one attached hydrogen (secondary N) is 1. The molecule has 1 aromatic carbocycles. The van der Waals surface area contributed by atoms with Crippen molar-refractivity contribution in [3.8, 4) is 5.75 Å². The van der Waals surface area contributed by atoms with E-state index in [1.165, 1.54) is 10.9 Å². The van der Waals surface area contributed by atoms with Crippen LogP contribution < -0.4 is 20.7 Å². The van der Waals surface area contributed by atoms with Crippen molar-refractivity contribution in [2.45, 2.75) is 70.8 Å². The number of piperidine rings is 1. The van der Waals surface area contributed by atoms with Gasteiger partial charge < -0.3 is 29.7 Å². The lowest BCUT2D eigenvalue weighted by molar-refractivity contribution is -0.137. The third-order valence-electron chi connectivity index (χ3n) is 10.3. The minimum absolute atomic E-state index is 0.00384. The van der Waals surface area contributed by atoms with Crippen LogP contribution in [0.3, 0.4) is 0 Å². The largest absolute Gasteiger partial charge is 0.504 e. The number of carbonyl (C=O) groups is 2. The van der Waals surface area contributed by atoms with Gasteiger partial charge in [-0.3, -0.25) is 14.4 Å². The average molecular weight is 777 g/mol. The number of rotatable bonds is 7. The highest BCUT2D eigenvalue weighted by Gasteiger charge is 2.47. The van der Waals surface area contributed by atoms with Gasteiger partial charge >= 0.3 is 6.18 Å². The zero-order valence-electron chi connectivity index (χ0n) is 29.0. The Morgan fingerprint density at radius 2 is 1.78 bits per heavy atom. The summed E-state index contributed by atoms with van der Waals surface area (Å²) >= 11 is 6.13. The number of aromatic nitrogens is 6. The number of alkyl halides is 3. The fourth-order valence-electron chi connectivity index (χ4n) is 7.34. The molecule has 4 aromatic rings. The van der Waals surface area contributed by atoms with E-state index < -0.39 is 41.7 Å². The second-order valence-electron chi connectivity index (χ2n) is 13.3. The number of aromatic hydroxyl groups is 1. The highest BCUT2D eigenvalue weighted by atomic mass is 35.5. The van der Waals surface area contributed by atoms with Gasteiger partial charge in [0.05, 0.1) is 33.7 Å². The van der Waals surface area contributed by atoms with E-state index in [0.29, 0.717) is 24.6 Å². The summed E-state index contributed by atoms with van der Waals surface area (Å²) in [5.41, 5.74) is -0.782. The molecule has 7 rings (SSSR count). The average Bonchev–Trinajstić information content (AvgIpc) is 3.57. The number of fused-ring (bicyclic) bond motifs is 2. The van der Waals surface area contributed by atoms with Crippen molar-refractivity contribution in [3.63, 3.8) is 0 Å². The monoisotopic (exact) mass is 776 g/mol. The Labute approximate surface area is 308 Å². The summed E-state index contributed by atoms with van der Waals surface area (Å²) in [6.45, 7) is 3.61. The number of amides is 2. The van der Waals surface area contributed by atoms with Gasteiger partial charge in [-0.2, -0.15) is 31.5 Å². The minimum atomic E-state index is -4.65. The van der Waals surface area contributed by atoms with Gasteiger partial charge in [0.1, 0.15) is 18.6 Å². The van der Waals surface area contributed by atoms with Gasteiger partial charge in [-0.1, -0.05) is 18.5 Å². The first kappa shape index (κ1) is 37.0. The van der Waals surface area contributed by atoms with Crippen LogP contribution in [-0.2, 0) is 23.9 Å². The summed E-state index contributed by atoms with van der Waals surface area (Å²) < 4.78 is 68.9. The van der Waals surface area contributed by atoms with E-state index in [1.807, 2.05) is 4.90 Å². The molecule has 54 heavy (non-hydrogen) atoms. The first-order chi connectivity index (χ1) is 25.7. The van der Waals surface area contributed by atoms with Gasteiger partial charge in [-0.05, 0) is 62.8 Å². The minimum Gasteiger partial charge on any atom is -0.504 e. The maximum atomic E-state index is 14.5. The first-order valence-corrected chi connectivity index (χ1v) is 17.6. The Hall–Kier alpha value is -5.33. The molecule has 3 aliphatic rings. The van der Waals surface area contributed by atoms with E-state index in [-0.39, 0.29) is 108 Å². The van der Waals surface area contributed by atoms with Gasteiger partial charge in [-0.15, -0.1) is 5.10 Å². The molecule has 2 aliphatic heterocycles. The molecule has 2 amide bonds. The normalized spacial score (nSPS) is 18.8. The molecule has 5 heterocycles. The van der Waals surface area contributed by atoms with Crippen molar-refractivity contribution in [1.82, 2.24) is 34.0 Å². The van der Waals surface area contributed by atoms with Crippen LogP contribution in [0.4, 0.5) is 39.3 Å². The lowest BCUT2D eigenvalue weighted by Gasteiger charge is -2.54. The Morgan fingerprint density at radius 3 is 2.41 bits per heavy atom. The van der Waals surface area contributed by atoms with Crippen LogP contribution in [0.15, 0.2) is 41.0 Å². The number of carbonyl (C=O) groups excluding carboxylic acids is 2. The van der Waals surface area contributed by atoms with E-state index in [0.717, 1.165) is 16.6 Å². The third-order valence-corrected chi connectivity index (χ3v) is 10.6. The molecular formula is C34H34ClF5N10O4. The second-order valence-corrected chi connectivity index (χ2v) is 13.7. The van der Waals surface area contributed by atoms with Crippen molar-refractivity contribution >= 4 is 46.5 Å². The van der Waals surface area contributed by atoms with E-state index in [1.54, 1.807) is 23.6 Å². The molecular weight excluding hydrogens is 743 g/mol. The molecule has 3 fully saturated rings. The number of hydrogen-bond acceptors (Lipinski definition) is 10. The van der Waals surface area contributed by atoms with Crippen LogP contribution in [0.2, 0.25) is 5.02 Å². The highest BCUT2D eigenvalue weighted by Crippen LogP contribution is 2.39. The quantitative estimate of drug-likeness (QED) is 0.250. The highest BCUT2D eigenvalue weighted by molar-refractivity contribution is 6.33. The molecule has 3 aromatic heterocycles. The Bertz CT molecular complexity index is 2250. The molecule has 286 valence electrons. The van der Waals surface area contributed by atoms with E-state index in [2.05, 4.69) is 25.4 Å². The fourth-order valence-corrected chi connectivity index (χ4v) is 7.57. The molecule has 1 saturated carbocycles. The van der Waals surface area contributed by atoms with Gasteiger partial charge in [0.25, 0.3) is 17.5 Å². The maximum absolute atomic E-state index is 14.5. The number of benzene rings is 1. The zero-order chi connectivity index (χ0) is 38.6. The van der Waals surface area contributed by atoms with E-state index in [9.17, 15) is 41.4 Å². The van der Waals surface area contributed by atoms with Crippen LogP contribution >= 0.6 is 11.6 Å². The van der Waals surface area contributed by atoms with Gasteiger partial charge in [0.2, 0.25) is 17.6 Å². The van der Waals surface area contributed by atoms with Crippen LogP contribution in [-0.4, -0.2) is 89.2 Å². The van der Waals surface area contributed by atoms with Crippen molar-refractivity contribution in [1.29, 1.82) is 0 Å². The summed E-state index contributed by atoms with van der Waals surface area (Å²) in [6, 6.07) is 1.89. The summed E-state index contributed by atoms with van der Waals surface area (Å²) in [6.07, 6.45) is -3.56. The smallest absolute Gasteiger partial charge is 0.416 e. The van der Waals surface area contributed by atoms with E-state index >= 15 is 0 Å². The molecule has 2 saturated heterocycles. The number of anilines is 3. The van der Waals surface area contributed by atoms with Gasteiger partial charge in [-0.25, -0.2) is 9.97 Å². The van der Waals surface area contributed by atoms with Gasteiger partial charge in [0, 0.05) is 32.2 Å². The van der Waals surface area contributed by atoms with Crippen LogP contribution in [0.5, 0.6) is 5.75 Å². The molecule has 0 radical (unpaired) electrons. The Morgan fingerprint density at radius 1 is 1.06 bits per heavy atom. The zero-order valence-corrected chi connectivity index (χ0v) is 29.8. The first-order valence-electron chi connectivity index (χ1n) is 17.2. The van der Waals surface area contributed by atoms with Gasteiger partial charge in [0.15, 0.2) is 11.4 Å². The van der Waals surface area contributed by atoms with Crippen LogP contribution in [0.25, 0.3) is 5.78 Å². The topological polar surface area (TPSA) is 154 Å². The molecule has 0 spiro atoms. The number of nitrogens with zero attached hydrogens (tertiary/aromatic N) is 9. The predicted octanol–water partition coefficient (Wildman–Crippen LogP) is 4.81. The molecule has 14 nitrogen and oxygen atoms in total.